The van der Waals surface area contributed by atoms with Crippen LogP contribution in [0, 0.1) is 6.57 Å². The van der Waals surface area contributed by atoms with Gasteiger partial charge in [0.05, 0.1) is 23.1 Å². The Bertz CT molecular complexity index is 1230. The molecule has 0 bridgehead atoms. The number of benzene rings is 1. The monoisotopic (exact) mass is 449 g/mol. The number of hydrogen-bond donors (Lipinski definition) is 2. The van der Waals surface area contributed by atoms with E-state index in [2.05, 4.69) is 35.7 Å². The van der Waals surface area contributed by atoms with Gasteiger partial charge in [-0.05, 0) is 34.9 Å². The van der Waals surface area contributed by atoms with Gasteiger partial charge in [-0.3, -0.25) is 4.79 Å². The van der Waals surface area contributed by atoms with Crippen LogP contribution in [0.3, 0.4) is 0 Å². The standard InChI is InChI=1S/C24H23N3O2S2/c1-24(2)17-11-16(12-19(26-3)14-5-7-15(8-6-14)23(25)29)30-21(17)22-18(24)13-20(31-22)27(4)9-10-28/h5-8,11-13,28H,9-10H2,1-2,4H3,(H2,25,29)/b19-12-. The van der Waals surface area contributed by atoms with Gasteiger partial charge in [-0.25, -0.2) is 4.85 Å². The van der Waals surface area contributed by atoms with Crippen molar-refractivity contribution in [2.45, 2.75) is 19.3 Å². The summed E-state index contributed by atoms with van der Waals surface area (Å²) >= 11 is 3.45. The summed E-state index contributed by atoms with van der Waals surface area (Å²) in [4.78, 5) is 20.7. The van der Waals surface area contributed by atoms with Gasteiger partial charge in [-0.1, -0.05) is 38.1 Å². The van der Waals surface area contributed by atoms with Crippen LogP contribution in [0.15, 0.2) is 36.4 Å². The minimum absolute atomic E-state index is 0.108. The van der Waals surface area contributed by atoms with Crippen molar-refractivity contribution in [2.24, 2.45) is 5.73 Å². The number of anilines is 1. The second-order valence-corrected chi connectivity index (χ2v) is 10.2. The van der Waals surface area contributed by atoms with Gasteiger partial charge >= 0.3 is 0 Å². The van der Waals surface area contributed by atoms with Crippen LogP contribution in [-0.4, -0.2) is 31.2 Å². The van der Waals surface area contributed by atoms with E-state index in [0.717, 1.165) is 15.4 Å². The topological polar surface area (TPSA) is 70.9 Å². The Balaban J connectivity index is 1.71. The maximum atomic E-state index is 11.3. The predicted octanol–water partition coefficient (Wildman–Crippen LogP) is 5.06. The molecule has 1 amide bonds. The van der Waals surface area contributed by atoms with E-state index in [9.17, 15) is 9.90 Å². The normalized spacial score (nSPS) is 14.1. The van der Waals surface area contributed by atoms with Crippen LogP contribution in [0.2, 0.25) is 0 Å². The molecule has 0 saturated heterocycles. The summed E-state index contributed by atoms with van der Waals surface area (Å²) in [6.07, 6.45) is 1.91. The maximum absolute atomic E-state index is 11.3. The van der Waals surface area contributed by atoms with Crippen molar-refractivity contribution in [3.05, 3.63) is 74.9 Å². The minimum atomic E-state index is -0.479. The molecule has 31 heavy (non-hydrogen) atoms. The molecular weight excluding hydrogens is 426 g/mol. The largest absolute Gasteiger partial charge is 0.395 e. The molecule has 158 valence electrons. The Morgan fingerprint density at radius 3 is 2.39 bits per heavy atom. The van der Waals surface area contributed by atoms with Crippen molar-refractivity contribution in [3.8, 4) is 9.75 Å². The fourth-order valence-electron chi connectivity index (χ4n) is 3.84. The number of rotatable bonds is 6. The number of fused-ring (bicyclic) bond motifs is 3. The average Bonchev–Trinajstić information content (AvgIpc) is 3.41. The molecule has 0 fully saturated rings. The highest BCUT2D eigenvalue weighted by Gasteiger charge is 2.39. The lowest BCUT2D eigenvalue weighted by Crippen LogP contribution is -2.20. The quantitative estimate of drug-likeness (QED) is 0.517. The van der Waals surface area contributed by atoms with E-state index in [1.807, 2.05) is 13.1 Å². The van der Waals surface area contributed by atoms with Crippen LogP contribution in [0.1, 0.15) is 45.8 Å². The molecule has 0 unspecified atom stereocenters. The number of nitrogens with zero attached hydrogens (tertiary/aromatic N) is 2. The van der Waals surface area contributed by atoms with Crippen molar-refractivity contribution in [2.75, 3.05) is 25.1 Å². The molecule has 0 aliphatic heterocycles. The van der Waals surface area contributed by atoms with Gasteiger partial charge in [0.25, 0.3) is 0 Å². The summed E-state index contributed by atoms with van der Waals surface area (Å²) in [6.45, 7) is 12.8. The van der Waals surface area contributed by atoms with Crippen LogP contribution >= 0.6 is 22.7 Å². The molecule has 1 aromatic carbocycles. The number of aliphatic hydroxyl groups is 1. The molecule has 3 N–H and O–H groups in total. The van der Waals surface area contributed by atoms with Gasteiger partial charge in [-0.15, -0.1) is 22.7 Å². The highest BCUT2D eigenvalue weighted by molar-refractivity contribution is 7.25. The summed E-state index contributed by atoms with van der Waals surface area (Å²) in [5, 5.41) is 10.4. The lowest BCUT2D eigenvalue weighted by atomic mass is 9.84. The third kappa shape index (κ3) is 3.68. The maximum Gasteiger partial charge on any atom is 0.248 e. The van der Waals surface area contributed by atoms with Crippen LogP contribution in [0.5, 0.6) is 0 Å². The van der Waals surface area contributed by atoms with Gasteiger partial charge in [0, 0.05) is 34.3 Å². The number of nitrogens with two attached hydrogens (primary N) is 1. The Labute approximate surface area is 189 Å². The second kappa shape index (κ2) is 7.97. The van der Waals surface area contributed by atoms with E-state index in [4.69, 9.17) is 12.3 Å². The molecule has 0 atom stereocenters. The van der Waals surface area contributed by atoms with Gasteiger partial charge in [0.15, 0.2) is 5.70 Å². The first-order chi connectivity index (χ1) is 14.8. The van der Waals surface area contributed by atoms with E-state index < -0.39 is 5.91 Å². The Kier molecular flexibility index (Phi) is 5.48. The van der Waals surface area contributed by atoms with E-state index in [-0.39, 0.29) is 12.0 Å². The van der Waals surface area contributed by atoms with Crippen molar-refractivity contribution < 1.29 is 9.90 Å². The summed E-state index contributed by atoms with van der Waals surface area (Å²) in [5.74, 6) is -0.479. The lowest BCUT2D eigenvalue weighted by Gasteiger charge is -2.20. The smallest absolute Gasteiger partial charge is 0.248 e. The van der Waals surface area contributed by atoms with Crippen molar-refractivity contribution in [1.29, 1.82) is 0 Å². The average molecular weight is 450 g/mol. The molecule has 0 saturated carbocycles. The van der Waals surface area contributed by atoms with Crippen LogP contribution in [0.4, 0.5) is 5.00 Å². The lowest BCUT2D eigenvalue weighted by molar-refractivity contribution is 0.100. The molecule has 5 nitrogen and oxygen atoms in total. The molecule has 1 aliphatic carbocycles. The third-order valence-electron chi connectivity index (χ3n) is 5.70. The fourth-order valence-corrected chi connectivity index (χ4v) is 6.56. The molecule has 2 heterocycles. The third-order valence-corrected chi connectivity index (χ3v) is 8.19. The van der Waals surface area contributed by atoms with Crippen molar-refractivity contribution in [1.82, 2.24) is 0 Å². The van der Waals surface area contributed by atoms with E-state index in [1.165, 1.54) is 20.9 Å². The van der Waals surface area contributed by atoms with Gasteiger partial charge in [-0.2, -0.15) is 0 Å². The number of carbonyl (C=O) groups excluding carboxylic acids is 1. The molecule has 0 radical (unpaired) electrons. The zero-order valence-corrected chi connectivity index (χ0v) is 19.2. The first-order valence-corrected chi connectivity index (χ1v) is 11.5. The Morgan fingerprint density at radius 1 is 1.16 bits per heavy atom. The molecule has 7 heteroatoms. The van der Waals surface area contributed by atoms with Crippen LogP contribution in [-0.2, 0) is 5.41 Å². The van der Waals surface area contributed by atoms with Gasteiger partial charge < -0.3 is 15.7 Å². The van der Waals surface area contributed by atoms with Crippen molar-refractivity contribution >= 4 is 45.4 Å². The van der Waals surface area contributed by atoms with E-state index in [1.54, 1.807) is 46.9 Å². The number of hydrogen-bond acceptors (Lipinski definition) is 5. The molecule has 3 aromatic rings. The van der Waals surface area contributed by atoms with E-state index in [0.29, 0.717) is 17.8 Å². The summed E-state index contributed by atoms with van der Waals surface area (Å²) in [5.41, 5.74) is 9.53. The fraction of sp³-hybridized carbons (Fsp3) is 0.250. The molecular formula is C24H23N3O2S2. The number of aliphatic hydroxyl groups excluding tert-OH is 1. The van der Waals surface area contributed by atoms with Gasteiger partial charge in [0.2, 0.25) is 5.91 Å². The molecule has 1 aliphatic rings. The highest BCUT2D eigenvalue weighted by atomic mass is 32.1. The SMILES string of the molecule is [C-]#[N+]/C(=C\c1cc2c(s1)-c1sc(N(C)CCO)cc1C2(C)C)c1ccc(C(N)=O)cc1. The second-order valence-electron chi connectivity index (χ2n) is 8.07. The first kappa shape index (κ1) is 21.3. The number of amides is 1. The minimum Gasteiger partial charge on any atom is -0.395 e. The summed E-state index contributed by atoms with van der Waals surface area (Å²) in [7, 11) is 2.00. The Morgan fingerprint density at radius 2 is 1.77 bits per heavy atom. The number of carbonyl (C=O) groups is 1. The summed E-state index contributed by atoms with van der Waals surface area (Å²) in [6, 6.07) is 11.2. The van der Waals surface area contributed by atoms with Gasteiger partial charge in [0.1, 0.15) is 0 Å². The zero-order chi connectivity index (χ0) is 22.3. The van der Waals surface area contributed by atoms with Crippen LogP contribution < -0.4 is 10.6 Å². The number of thiophene rings is 2. The number of likely N-dealkylation sites (N-methyl/N-ethyl adjacent to an activating group) is 1. The van der Waals surface area contributed by atoms with E-state index >= 15 is 0 Å². The Hall–Kier alpha value is -2.92. The highest BCUT2D eigenvalue weighted by Crippen LogP contribution is 2.57. The summed E-state index contributed by atoms with van der Waals surface area (Å²) < 4.78 is 0. The number of primary amides is 1. The molecule has 2 aromatic heterocycles. The molecule has 0 spiro atoms. The van der Waals surface area contributed by atoms with Crippen LogP contribution in [0.25, 0.3) is 26.4 Å². The van der Waals surface area contributed by atoms with Crippen molar-refractivity contribution in [3.63, 3.8) is 0 Å². The molecule has 4 rings (SSSR count). The predicted molar refractivity (Wildman–Crippen MR) is 130 cm³/mol. The first-order valence-electron chi connectivity index (χ1n) is 9.86. The zero-order valence-electron chi connectivity index (χ0n) is 17.6.